The number of fused-ring (bicyclic) bond motifs is 3. The highest BCUT2D eigenvalue weighted by molar-refractivity contribution is 7.62. The third-order valence-corrected chi connectivity index (χ3v) is 16.4. The van der Waals surface area contributed by atoms with Crippen LogP contribution < -0.4 is 33.1 Å². The second-order valence-corrected chi connectivity index (χ2v) is 22.2. The first-order valence-electron chi connectivity index (χ1n) is 23.7. The Balaban J connectivity index is 0.000000168. The molecule has 0 aliphatic rings. The molecule has 0 saturated carbocycles. The molecule has 6 heterocycles. The second-order valence-electron chi connectivity index (χ2n) is 16.5. The molecule has 9 aromatic rings. The summed E-state index contributed by atoms with van der Waals surface area (Å²) in [6, 6.07) is 30.4. The number of primary amides is 3. The molecule has 27 heteroatoms. The highest BCUT2D eigenvalue weighted by atomic mass is 31.2. The van der Waals surface area contributed by atoms with Gasteiger partial charge >= 0.3 is 22.8 Å². The maximum Gasteiger partial charge on any atom is 0.361 e. The number of aromatic nitrogens is 9. The Morgan fingerprint density at radius 3 is 1.16 bits per heavy atom. The van der Waals surface area contributed by atoms with Gasteiger partial charge in [-0.05, 0) is 117 Å². The lowest BCUT2D eigenvalue weighted by atomic mass is 10.2. The van der Waals surface area contributed by atoms with Gasteiger partial charge < -0.3 is 58.8 Å². The fourth-order valence-electron chi connectivity index (χ4n) is 7.62. The summed E-state index contributed by atoms with van der Waals surface area (Å²) in [7, 11) is -10.8. The predicted octanol–water partition coefficient (Wildman–Crippen LogP) is 5.32. The summed E-state index contributed by atoms with van der Waals surface area (Å²) in [5, 5.41) is 1.02. The first kappa shape index (κ1) is 57.1. The topological polar surface area (TPSA) is 350 Å². The predicted molar refractivity (Wildman–Crippen MR) is 287 cm³/mol. The monoisotopic (exact) mass is 1110 g/mol. The van der Waals surface area contributed by atoms with Crippen molar-refractivity contribution in [2.24, 2.45) is 17.2 Å². The largest absolute Gasteiger partial charge is 0.364 e. The molecule has 24 nitrogen and oxygen atoms in total. The summed E-state index contributed by atoms with van der Waals surface area (Å²) in [6.07, 6.45) is 4.89. The molecule has 0 bridgehead atoms. The smallest absolute Gasteiger partial charge is 0.361 e. The number of amides is 3. The van der Waals surface area contributed by atoms with Crippen LogP contribution in [0, 0.1) is 0 Å². The summed E-state index contributed by atoms with van der Waals surface area (Å²) in [5.41, 5.74) is 22.7. The Labute approximate surface area is 440 Å². The van der Waals surface area contributed by atoms with Gasteiger partial charge in [-0.3, -0.25) is 28.1 Å². The van der Waals surface area contributed by atoms with Crippen LogP contribution in [0.2, 0.25) is 0 Å². The fourth-order valence-corrected chi connectivity index (χ4v) is 11.3. The van der Waals surface area contributed by atoms with Gasteiger partial charge in [0, 0.05) is 13.1 Å². The van der Waals surface area contributed by atoms with E-state index in [1.54, 1.807) is 113 Å². The Bertz CT molecular complexity index is 3670. The van der Waals surface area contributed by atoms with E-state index in [9.17, 15) is 28.1 Å². The van der Waals surface area contributed by atoms with Gasteiger partial charge in [0.05, 0.1) is 78.9 Å². The van der Waals surface area contributed by atoms with E-state index in [-0.39, 0.29) is 22.4 Å². The molecule has 0 aliphatic carbocycles. The van der Waals surface area contributed by atoms with Gasteiger partial charge in [-0.2, -0.15) is 0 Å². The molecule has 3 aromatic carbocycles. The van der Waals surface area contributed by atoms with Crippen molar-refractivity contribution in [1.82, 2.24) is 43.6 Å². The number of nitrogens with two attached hydrogens (primary N) is 3. The van der Waals surface area contributed by atoms with E-state index < -0.39 is 40.5 Å². The first-order valence-corrected chi connectivity index (χ1v) is 28.4. The number of hydrogen-bond donors (Lipinski definition) is 5. The number of carbonyl (C=O) groups excluding carboxylic acids is 3. The van der Waals surface area contributed by atoms with Crippen LogP contribution in [0.5, 0.6) is 0 Å². The van der Waals surface area contributed by atoms with Crippen molar-refractivity contribution in [3.8, 4) is 0 Å². The van der Waals surface area contributed by atoms with Crippen molar-refractivity contribution in [3.63, 3.8) is 0 Å². The number of pyridine rings is 3. The summed E-state index contributed by atoms with van der Waals surface area (Å²) >= 11 is 0. The van der Waals surface area contributed by atoms with E-state index in [4.69, 9.17) is 45.1 Å². The minimum atomic E-state index is -4.24. The van der Waals surface area contributed by atoms with Crippen molar-refractivity contribution in [3.05, 3.63) is 162 Å². The maximum atomic E-state index is 12.8. The highest BCUT2D eigenvalue weighted by Crippen LogP contribution is 2.47. The van der Waals surface area contributed by atoms with Gasteiger partial charge in [0.25, 0.3) is 17.7 Å². The number of hydrogen-bond acceptors (Lipinski definition) is 16. The van der Waals surface area contributed by atoms with E-state index in [2.05, 4.69) is 29.9 Å². The number of imidazole rings is 3. The minimum absolute atomic E-state index is 0.0236. The molecule has 0 spiro atoms. The summed E-state index contributed by atoms with van der Waals surface area (Å²) in [4.78, 5) is 77.0. The molecule has 0 saturated heterocycles. The average molecular weight is 1110 g/mol. The molecule has 0 fully saturated rings. The van der Waals surface area contributed by atoms with Gasteiger partial charge in [0.1, 0.15) is 22.6 Å². The number of rotatable bonds is 20. The zero-order chi connectivity index (χ0) is 55.5. The molecule has 0 radical (unpaired) electrons. The molecular weight excluding hydrogens is 1050 g/mol. The van der Waals surface area contributed by atoms with Crippen LogP contribution in [0.4, 0.5) is 0 Å². The van der Waals surface area contributed by atoms with Crippen LogP contribution in [0.15, 0.2) is 128 Å². The average Bonchev–Trinajstić information content (AvgIpc) is 4.13. The van der Waals surface area contributed by atoms with Gasteiger partial charge in [-0.1, -0.05) is 36.4 Å². The number of benzene rings is 3. The Morgan fingerprint density at radius 2 is 0.792 bits per heavy atom. The molecule has 0 atom stereocenters. The number of nitrogens with zero attached hydrogens (tertiary/aromatic N) is 9. The summed E-state index contributed by atoms with van der Waals surface area (Å²) in [5.74, 6) is -1.79. The van der Waals surface area contributed by atoms with Crippen LogP contribution in [0.1, 0.15) is 75.9 Å². The molecule has 0 unspecified atom stereocenters. The van der Waals surface area contributed by atoms with E-state index in [1.807, 2.05) is 38.0 Å². The van der Waals surface area contributed by atoms with Gasteiger partial charge in [-0.25, -0.2) is 29.9 Å². The van der Waals surface area contributed by atoms with Crippen molar-refractivity contribution in [2.45, 2.75) is 47.3 Å². The van der Waals surface area contributed by atoms with Crippen LogP contribution in [0.3, 0.4) is 0 Å². The minimum Gasteiger partial charge on any atom is -0.364 e. The highest BCUT2D eigenvalue weighted by Gasteiger charge is 2.28. The molecule has 0 aliphatic heterocycles. The SMILES string of the molecule is CCOP(=O)(OCC)c1ccc(Cn2cnc3ccc(C(N)=O)nc32)cc1.CCOP(=O)(OCC)c1ccc(Cn2cnc3nc(C(N)=O)ccc32)cc1.NC(=O)c1ccc2c(ncn2Cc2ccc(P(=O)(O)O)cc2)n1. The first-order chi connectivity index (χ1) is 36.8. The van der Waals surface area contributed by atoms with Crippen molar-refractivity contribution in [2.75, 3.05) is 26.4 Å². The summed E-state index contributed by atoms with van der Waals surface area (Å²) < 4.78 is 63.8. The Kier molecular flexibility index (Phi) is 18.6. The zero-order valence-electron chi connectivity index (χ0n) is 42.1. The van der Waals surface area contributed by atoms with Crippen LogP contribution in [-0.4, -0.2) is 97.5 Å². The van der Waals surface area contributed by atoms with E-state index >= 15 is 0 Å². The fraction of sp³-hybridized carbons (Fsp3) is 0.220. The normalized spacial score (nSPS) is 11.8. The van der Waals surface area contributed by atoms with E-state index in [1.165, 1.54) is 18.2 Å². The van der Waals surface area contributed by atoms with Crippen molar-refractivity contribution >= 4 is 89.9 Å². The van der Waals surface area contributed by atoms with Gasteiger partial charge in [0.15, 0.2) is 16.9 Å². The van der Waals surface area contributed by atoms with Crippen LogP contribution >= 0.6 is 22.8 Å². The third kappa shape index (κ3) is 14.1. The molecule has 8 N–H and O–H groups in total. The van der Waals surface area contributed by atoms with Gasteiger partial charge in [-0.15, -0.1) is 0 Å². The lowest BCUT2D eigenvalue weighted by Gasteiger charge is -2.17. The van der Waals surface area contributed by atoms with Crippen molar-refractivity contribution < 1.29 is 56.0 Å². The quantitative estimate of drug-likeness (QED) is 0.0603. The molecule has 77 heavy (non-hydrogen) atoms. The van der Waals surface area contributed by atoms with Gasteiger partial charge in [0.2, 0.25) is 0 Å². The number of carbonyl (C=O) groups is 3. The van der Waals surface area contributed by atoms with Crippen LogP contribution in [0.25, 0.3) is 33.5 Å². The molecule has 402 valence electrons. The standard InChI is InChI=1S/2C18H21N4O4P.C14H13N4O4P/c1-3-25-27(24,26-4-2)14-7-5-13(6-8-14)11-22-12-20-18-16(22)10-9-15(21-18)17(19)23;1-3-25-27(24,26-4-2)14-7-5-13(6-8-14)11-22-12-20-16-10-9-15(17(19)23)21-18(16)22;15-13(19)11-5-6-12-14(17-11)16-8-18(12)7-9-1-3-10(4-2-9)23(20,21)22/h2*5-10,12H,3-4,11H2,1-2H3,(H2,19,23);1-6,8H,7H2,(H2,15,19)(H2,20,21,22). The Hall–Kier alpha value is -7.62. The third-order valence-electron chi connectivity index (χ3n) is 11.2. The van der Waals surface area contributed by atoms with Crippen molar-refractivity contribution in [1.29, 1.82) is 0 Å². The molecule has 6 aromatic heterocycles. The van der Waals surface area contributed by atoms with Crippen LogP contribution in [-0.2, 0) is 51.4 Å². The van der Waals surface area contributed by atoms with E-state index in [0.29, 0.717) is 79.1 Å². The molecule has 9 rings (SSSR count). The summed E-state index contributed by atoms with van der Waals surface area (Å²) in [6.45, 7) is 9.80. The lowest BCUT2D eigenvalue weighted by Crippen LogP contribution is -2.13. The Morgan fingerprint density at radius 1 is 0.455 bits per heavy atom. The molecular formula is C50H55N12O12P3. The zero-order valence-corrected chi connectivity index (χ0v) is 44.8. The second kappa shape index (κ2) is 25.0. The maximum absolute atomic E-state index is 12.8. The lowest BCUT2D eigenvalue weighted by molar-refractivity contribution is 0.0987. The van der Waals surface area contributed by atoms with E-state index in [0.717, 1.165) is 27.7 Å². The molecule has 3 amide bonds.